The van der Waals surface area contributed by atoms with Crippen LogP contribution in [0.4, 0.5) is 0 Å². The van der Waals surface area contributed by atoms with Crippen molar-refractivity contribution in [3.8, 4) is 0 Å². The second kappa shape index (κ2) is 8.70. The Hall–Kier alpha value is -1.06. The second-order valence-electron chi connectivity index (χ2n) is 6.98. The van der Waals surface area contributed by atoms with Gasteiger partial charge in [-0.15, -0.1) is 12.4 Å². The summed E-state index contributed by atoms with van der Waals surface area (Å²) < 4.78 is 0. The predicted molar refractivity (Wildman–Crippen MR) is 96.6 cm³/mol. The van der Waals surface area contributed by atoms with Crippen molar-refractivity contribution in [2.24, 2.45) is 11.8 Å². The molecule has 2 fully saturated rings. The molecule has 1 aromatic rings. The summed E-state index contributed by atoms with van der Waals surface area (Å²) in [5, 5.41) is 3.39. The highest BCUT2D eigenvalue weighted by Crippen LogP contribution is 2.36. The van der Waals surface area contributed by atoms with E-state index in [1.807, 2.05) is 6.07 Å². The van der Waals surface area contributed by atoms with Gasteiger partial charge in [-0.3, -0.25) is 4.79 Å². The van der Waals surface area contributed by atoms with Gasteiger partial charge in [0.25, 0.3) is 0 Å². The zero-order valence-electron chi connectivity index (χ0n) is 14.0. The first-order valence-electron chi connectivity index (χ1n) is 8.78. The van der Waals surface area contributed by atoms with Gasteiger partial charge in [-0.1, -0.05) is 30.3 Å². The number of halogens is 1. The van der Waals surface area contributed by atoms with Crippen LogP contribution >= 0.6 is 12.4 Å². The molecule has 1 heterocycles. The summed E-state index contributed by atoms with van der Waals surface area (Å²) in [7, 11) is 0. The summed E-state index contributed by atoms with van der Waals surface area (Å²) >= 11 is 0. The van der Waals surface area contributed by atoms with E-state index in [-0.39, 0.29) is 12.4 Å². The molecule has 0 bridgehead atoms. The molecule has 1 amide bonds. The third-order valence-electron chi connectivity index (χ3n) is 5.24. The van der Waals surface area contributed by atoms with Crippen LogP contribution in [0.2, 0.25) is 0 Å². The Morgan fingerprint density at radius 1 is 1.26 bits per heavy atom. The second-order valence-corrected chi connectivity index (χ2v) is 6.98. The van der Waals surface area contributed by atoms with Crippen LogP contribution in [0.3, 0.4) is 0 Å². The molecule has 3 rings (SSSR count). The molecule has 1 saturated heterocycles. The Morgan fingerprint density at radius 3 is 2.61 bits per heavy atom. The van der Waals surface area contributed by atoms with Gasteiger partial charge in [-0.2, -0.15) is 0 Å². The van der Waals surface area contributed by atoms with E-state index in [1.165, 1.54) is 24.8 Å². The van der Waals surface area contributed by atoms with Crippen LogP contribution in [0.25, 0.3) is 0 Å². The van der Waals surface area contributed by atoms with Crippen molar-refractivity contribution in [1.82, 2.24) is 10.2 Å². The quantitative estimate of drug-likeness (QED) is 0.824. The molecule has 23 heavy (non-hydrogen) atoms. The monoisotopic (exact) mass is 336 g/mol. The zero-order chi connectivity index (χ0) is 15.4. The molecular formula is C19H29ClN2O. The van der Waals surface area contributed by atoms with Crippen LogP contribution in [0, 0.1) is 11.8 Å². The standard InChI is InChI=1S/C19H28N2O.ClH/c1-15(18-8-9-18)21(14-17-5-3-2-4-6-17)19(22)10-7-16-11-12-20-13-16;/h2-6,15-16,18,20H,7-14H2,1H3;1H. The molecule has 0 spiro atoms. The average molecular weight is 337 g/mol. The van der Waals surface area contributed by atoms with Crippen LogP contribution in [-0.2, 0) is 11.3 Å². The van der Waals surface area contributed by atoms with Gasteiger partial charge in [-0.25, -0.2) is 0 Å². The maximum Gasteiger partial charge on any atom is 0.223 e. The van der Waals surface area contributed by atoms with Crippen molar-refractivity contribution in [3.63, 3.8) is 0 Å². The Labute approximate surface area is 146 Å². The Kier molecular flexibility index (Phi) is 6.91. The lowest BCUT2D eigenvalue weighted by Gasteiger charge is -2.30. The normalized spacial score (nSPS) is 21.5. The molecule has 3 nitrogen and oxygen atoms in total. The number of amides is 1. The lowest BCUT2D eigenvalue weighted by atomic mass is 10.0. The highest BCUT2D eigenvalue weighted by molar-refractivity contribution is 5.85. The number of nitrogens with zero attached hydrogens (tertiary/aromatic N) is 1. The molecule has 128 valence electrons. The maximum atomic E-state index is 12.8. The highest BCUT2D eigenvalue weighted by atomic mass is 35.5. The van der Waals surface area contributed by atoms with Crippen LogP contribution in [0.5, 0.6) is 0 Å². The minimum atomic E-state index is 0. The highest BCUT2D eigenvalue weighted by Gasteiger charge is 2.34. The maximum absolute atomic E-state index is 12.8. The lowest BCUT2D eigenvalue weighted by Crippen LogP contribution is -2.39. The van der Waals surface area contributed by atoms with Gasteiger partial charge in [0, 0.05) is 19.0 Å². The summed E-state index contributed by atoms with van der Waals surface area (Å²) in [6.45, 7) is 5.20. The summed E-state index contributed by atoms with van der Waals surface area (Å²) in [6.07, 6.45) is 5.54. The molecule has 1 aromatic carbocycles. The van der Waals surface area contributed by atoms with Gasteiger partial charge < -0.3 is 10.2 Å². The molecule has 1 N–H and O–H groups in total. The fourth-order valence-corrected chi connectivity index (χ4v) is 3.50. The first-order chi connectivity index (χ1) is 10.7. The van der Waals surface area contributed by atoms with E-state index in [0.717, 1.165) is 32.0 Å². The summed E-state index contributed by atoms with van der Waals surface area (Å²) in [5.74, 6) is 1.76. The van der Waals surface area contributed by atoms with Crippen molar-refractivity contribution in [2.75, 3.05) is 13.1 Å². The molecule has 0 aromatic heterocycles. The number of hydrogen-bond acceptors (Lipinski definition) is 2. The smallest absolute Gasteiger partial charge is 0.223 e. The summed E-state index contributed by atoms with van der Waals surface area (Å²) in [4.78, 5) is 14.9. The van der Waals surface area contributed by atoms with Gasteiger partial charge in [0.2, 0.25) is 5.91 Å². The van der Waals surface area contributed by atoms with Crippen molar-refractivity contribution in [1.29, 1.82) is 0 Å². The van der Waals surface area contributed by atoms with E-state index in [4.69, 9.17) is 0 Å². The number of rotatable bonds is 7. The van der Waals surface area contributed by atoms with E-state index >= 15 is 0 Å². The first-order valence-corrected chi connectivity index (χ1v) is 8.78. The van der Waals surface area contributed by atoms with Gasteiger partial charge in [-0.05, 0) is 63.1 Å². The summed E-state index contributed by atoms with van der Waals surface area (Å²) in [5.41, 5.74) is 1.24. The van der Waals surface area contributed by atoms with Crippen molar-refractivity contribution >= 4 is 18.3 Å². The number of hydrogen-bond donors (Lipinski definition) is 1. The minimum absolute atomic E-state index is 0. The number of benzene rings is 1. The van der Waals surface area contributed by atoms with E-state index in [9.17, 15) is 4.79 Å². The predicted octanol–water partition coefficient (Wildman–Crippen LogP) is 3.63. The fourth-order valence-electron chi connectivity index (χ4n) is 3.50. The molecular weight excluding hydrogens is 308 g/mol. The molecule has 1 saturated carbocycles. The molecule has 2 unspecified atom stereocenters. The zero-order valence-corrected chi connectivity index (χ0v) is 14.9. The van der Waals surface area contributed by atoms with Crippen LogP contribution in [0.15, 0.2) is 30.3 Å². The van der Waals surface area contributed by atoms with Crippen molar-refractivity contribution < 1.29 is 4.79 Å². The van der Waals surface area contributed by atoms with Gasteiger partial charge in [0.05, 0.1) is 0 Å². The third kappa shape index (κ3) is 5.22. The largest absolute Gasteiger partial charge is 0.335 e. The van der Waals surface area contributed by atoms with Gasteiger partial charge in [0.1, 0.15) is 0 Å². The van der Waals surface area contributed by atoms with Gasteiger partial charge in [0.15, 0.2) is 0 Å². The van der Waals surface area contributed by atoms with Gasteiger partial charge >= 0.3 is 0 Å². The SMILES string of the molecule is CC(C1CC1)N(Cc1ccccc1)C(=O)CCC1CCNC1.Cl. The van der Waals surface area contributed by atoms with Crippen LogP contribution < -0.4 is 5.32 Å². The third-order valence-corrected chi connectivity index (χ3v) is 5.24. The van der Waals surface area contributed by atoms with Crippen LogP contribution in [0.1, 0.15) is 44.6 Å². The number of carbonyl (C=O) groups excluding carboxylic acids is 1. The fraction of sp³-hybridized carbons (Fsp3) is 0.632. The van der Waals surface area contributed by atoms with Crippen molar-refractivity contribution in [3.05, 3.63) is 35.9 Å². The Bertz CT molecular complexity index is 483. The summed E-state index contributed by atoms with van der Waals surface area (Å²) in [6, 6.07) is 10.8. The minimum Gasteiger partial charge on any atom is -0.335 e. The lowest BCUT2D eigenvalue weighted by molar-refractivity contribution is -0.134. The molecule has 0 radical (unpaired) electrons. The number of carbonyl (C=O) groups is 1. The first kappa shape index (κ1) is 18.3. The molecule has 1 aliphatic carbocycles. The van der Waals surface area contributed by atoms with E-state index < -0.39 is 0 Å². The molecule has 1 aliphatic heterocycles. The van der Waals surface area contributed by atoms with Crippen molar-refractivity contribution in [2.45, 2.75) is 51.6 Å². The topological polar surface area (TPSA) is 32.3 Å². The number of nitrogens with one attached hydrogen (secondary N) is 1. The van der Waals surface area contributed by atoms with E-state index in [0.29, 0.717) is 24.3 Å². The average Bonchev–Trinajstić information content (AvgIpc) is 3.27. The molecule has 2 atom stereocenters. The Balaban J connectivity index is 0.00000192. The molecule has 4 heteroatoms. The van der Waals surface area contributed by atoms with E-state index in [2.05, 4.69) is 41.4 Å². The van der Waals surface area contributed by atoms with Crippen LogP contribution in [-0.4, -0.2) is 29.9 Å². The molecule has 2 aliphatic rings. The Morgan fingerprint density at radius 2 is 2.00 bits per heavy atom. The van der Waals surface area contributed by atoms with E-state index in [1.54, 1.807) is 0 Å².